The van der Waals surface area contributed by atoms with Crippen molar-refractivity contribution in [1.82, 2.24) is 0 Å². The molecule has 0 bridgehead atoms. The normalized spacial score (nSPS) is 12.0. The van der Waals surface area contributed by atoms with Crippen molar-refractivity contribution in [3.8, 4) is 0 Å². The van der Waals surface area contributed by atoms with Crippen LogP contribution in [0.1, 0.15) is 11.1 Å². The number of aryl methyl sites for hydroxylation is 1. The van der Waals surface area contributed by atoms with E-state index in [0.717, 1.165) is 11.8 Å². The van der Waals surface area contributed by atoms with Crippen LogP contribution in [0.3, 0.4) is 0 Å². The lowest BCUT2D eigenvalue weighted by atomic mass is 10.1. The fraction of sp³-hybridized carbons (Fsp3) is 0.0909. The maximum atomic E-state index is 9.76. The van der Waals surface area contributed by atoms with Gasteiger partial charge in [-0.05, 0) is 29.8 Å². The molecule has 0 spiro atoms. The van der Waals surface area contributed by atoms with Crippen LogP contribution in [-0.4, -0.2) is 0 Å². The van der Waals surface area contributed by atoms with Gasteiger partial charge in [-0.2, -0.15) is 0 Å². The SMILES string of the molecule is Cc1ccc(/C(Cl)=C/C=C/N=O)cc1. The van der Waals surface area contributed by atoms with Crippen LogP contribution in [0.5, 0.6) is 0 Å². The molecule has 2 nitrogen and oxygen atoms in total. The first-order chi connectivity index (χ1) is 6.74. The Morgan fingerprint density at radius 1 is 1.36 bits per heavy atom. The van der Waals surface area contributed by atoms with Crippen molar-refractivity contribution in [2.45, 2.75) is 6.92 Å². The molecule has 0 aliphatic carbocycles. The second-order valence-corrected chi connectivity index (χ2v) is 3.23. The predicted octanol–water partition coefficient (Wildman–Crippen LogP) is 3.85. The zero-order valence-electron chi connectivity index (χ0n) is 7.77. The van der Waals surface area contributed by atoms with Gasteiger partial charge in [0.25, 0.3) is 0 Å². The van der Waals surface area contributed by atoms with Crippen LogP contribution in [0.15, 0.2) is 47.8 Å². The molecule has 72 valence electrons. The standard InChI is InChI=1S/C11H10ClNO/c1-9-4-6-10(7-5-9)11(12)3-2-8-13-14/h2-8H,1H3/b8-2+,11-3-. The first-order valence-corrected chi connectivity index (χ1v) is 4.53. The zero-order valence-corrected chi connectivity index (χ0v) is 8.53. The molecule has 0 heterocycles. The molecule has 0 fully saturated rings. The summed E-state index contributed by atoms with van der Waals surface area (Å²) < 4.78 is 0. The van der Waals surface area contributed by atoms with E-state index in [9.17, 15) is 4.91 Å². The Hall–Kier alpha value is -1.41. The summed E-state index contributed by atoms with van der Waals surface area (Å²) in [6, 6.07) is 7.81. The van der Waals surface area contributed by atoms with E-state index in [-0.39, 0.29) is 0 Å². The molecule has 0 N–H and O–H groups in total. The first kappa shape index (κ1) is 10.7. The van der Waals surface area contributed by atoms with Gasteiger partial charge >= 0.3 is 0 Å². The number of allylic oxidation sites excluding steroid dienone is 2. The number of benzene rings is 1. The molecule has 1 rings (SSSR count). The Morgan fingerprint density at radius 3 is 2.57 bits per heavy atom. The Bertz CT molecular complexity index is 365. The fourth-order valence-corrected chi connectivity index (χ4v) is 1.17. The minimum atomic E-state index is 0.588. The highest BCUT2D eigenvalue weighted by molar-refractivity contribution is 6.48. The molecular formula is C11H10ClNO. The maximum Gasteiger partial charge on any atom is 0.0715 e. The lowest BCUT2D eigenvalue weighted by Crippen LogP contribution is -1.77. The summed E-state index contributed by atoms with van der Waals surface area (Å²) >= 11 is 5.96. The average molecular weight is 208 g/mol. The third-order valence-electron chi connectivity index (χ3n) is 1.72. The Balaban J connectivity index is 2.83. The molecule has 1 aromatic rings. The minimum absolute atomic E-state index is 0.588. The van der Waals surface area contributed by atoms with Crippen molar-refractivity contribution < 1.29 is 0 Å². The Kier molecular flexibility index (Phi) is 4.08. The van der Waals surface area contributed by atoms with E-state index in [0.29, 0.717) is 5.03 Å². The molecule has 0 saturated carbocycles. The van der Waals surface area contributed by atoms with Crippen molar-refractivity contribution >= 4 is 16.6 Å². The van der Waals surface area contributed by atoms with Gasteiger partial charge in [0.2, 0.25) is 0 Å². The predicted molar refractivity (Wildman–Crippen MR) is 59.9 cm³/mol. The quantitative estimate of drug-likeness (QED) is 0.547. The summed E-state index contributed by atoms with van der Waals surface area (Å²) in [6.45, 7) is 2.01. The van der Waals surface area contributed by atoms with Gasteiger partial charge in [0.15, 0.2) is 0 Å². The molecule has 0 atom stereocenters. The topological polar surface area (TPSA) is 29.4 Å². The van der Waals surface area contributed by atoms with E-state index in [1.54, 1.807) is 6.08 Å². The van der Waals surface area contributed by atoms with E-state index < -0.39 is 0 Å². The number of halogens is 1. The monoisotopic (exact) mass is 207 g/mol. The van der Waals surface area contributed by atoms with Crippen LogP contribution in [0, 0.1) is 11.8 Å². The largest absolute Gasteiger partial charge is 0.145 e. The maximum absolute atomic E-state index is 9.76. The second kappa shape index (κ2) is 5.35. The lowest BCUT2D eigenvalue weighted by Gasteiger charge is -1.98. The summed E-state index contributed by atoms with van der Waals surface area (Å²) in [7, 11) is 0. The lowest BCUT2D eigenvalue weighted by molar-refractivity contribution is 1.46. The van der Waals surface area contributed by atoms with Crippen LogP contribution in [-0.2, 0) is 0 Å². The van der Waals surface area contributed by atoms with E-state index in [1.165, 1.54) is 11.6 Å². The molecule has 3 heteroatoms. The van der Waals surface area contributed by atoms with E-state index >= 15 is 0 Å². The van der Waals surface area contributed by atoms with Gasteiger partial charge in [-0.15, -0.1) is 4.91 Å². The molecule has 0 unspecified atom stereocenters. The van der Waals surface area contributed by atoms with Gasteiger partial charge in [0.05, 0.1) is 6.20 Å². The summed E-state index contributed by atoms with van der Waals surface area (Å²) in [6.07, 6.45) is 4.29. The number of nitrogens with zero attached hydrogens (tertiary/aromatic N) is 1. The van der Waals surface area contributed by atoms with Crippen LogP contribution in [0.25, 0.3) is 5.03 Å². The number of rotatable bonds is 3. The Morgan fingerprint density at radius 2 is 2.00 bits per heavy atom. The minimum Gasteiger partial charge on any atom is -0.145 e. The molecule has 1 aromatic carbocycles. The number of hydrogen-bond acceptors (Lipinski definition) is 2. The van der Waals surface area contributed by atoms with Crippen LogP contribution >= 0.6 is 11.6 Å². The highest BCUT2D eigenvalue weighted by Gasteiger charge is 1.94. The van der Waals surface area contributed by atoms with Crippen molar-refractivity contribution in [3.05, 3.63) is 58.7 Å². The third kappa shape index (κ3) is 3.15. The summed E-state index contributed by atoms with van der Waals surface area (Å²) in [5.74, 6) is 0. The molecule has 0 radical (unpaired) electrons. The van der Waals surface area contributed by atoms with E-state index in [4.69, 9.17) is 11.6 Å². The second-order valence-electron chi connectivity index (χ2n) is 2.83. The van der Waals surface area contributed by atoms with Crippen LogP contribution in [0.2, 0.25) is 0 Å². The summed E-state index contributed by atoms with van der Waals surface area (Å²) in [4.78, 5) is 9.76. The van der Waals surface area contributed by atoms with Crippen LogP contribution in [0.4, 0.5) is 0 Å². The molecular weight excluding hydrogens is 198 g/mol. The highest BCUT2D eigenvalue weighted by atomic mass is 35.5. The first-order valence-electron chi connectivity index (χ1n) is 4.16. The number of hydrogen-bond donors (Lipinski definition) is 0. The Labute approximate surface area is 87.9 Å². The summed E-state index contributed by atoms with van der Waals surface area (Å²) in [5, 5.41) is 3.17. The fourth-order valence-electron chi connectivity index (χ4n) is 0.972. The van der Waals surface area contributed by atoms with Gasteiger partial charge < -0.3 is 0 Å². The van der Waals surface area contributed by atoms with Crippen molar-refractivity contribution in [2.24, 2.45) is 5.18 Å². The molecule has 0 amide bonds. The van der Waals surface area contributed by atoms with Gasteiger partial charge in [-0.1, -0.05) is 41.4 Å². The van der Waals surface area contributed by atoms with Gasteiger partial charge in [0.1, 0.15) is 0 Å². The van der Waals surface area contributed by atoms with Crippen molar-refractivity contribution in [1.29, 1.82) is 0 Å². The van der Waals surface area contributed by atoms with E-state index in [2.05, 4.69) is 5.18 Å². The molecule has 0 saturated heterocycles. The van der Waals surface area contributed by atoms with Crippen molar-refractivity contribution in [2.75, 3.05) is 0 Å². The van der Waals surface area contributed by atoms with Gasteiger partial charge in [0, 0.05) is 5.03 Å². The van der Waals surface area contributed by atoms with Crippen molar-refractivity contribution in [3.63, 3.8) is 0 Å². The van der Waals surface area contributed by atoms with Crippen LogP contribution < -0.4 is 0 Å². The van der Waals surface area contributed by atoms with Gasteiger partial charge in [-0.3, -0.25) is 0 Å². The summed E-state index contributed by atoms with van der Waals surface area (Å²) in [5.41, 5.74) is 2.11. The number of nitroso groups, excluding NO2 is 1. The molecule has 0 aliphatic heterocycles. The van der Waals surface area contributed by atoms with E-state index in [1.807, 2.05) is 31.2 Å². The smallest absolute Gasteiger partial charge is 0.0715 e. The third-order valence-corrected chi connectivity index (χ3v) is 2.06. The zero-order chi connectivity index (χ0) is 10.4. The molecule has 14 heavy (non-hydrogen) atoms. The molecule has 0 aliphatic rings. The molecule has 0 aromatic heterocycles. The highest BCUT2D eigenvalue weighted by Crippen LogP contribution is 2.18. The average Bonchev–Trinajstić information content (AvgIpc) is 2.19. The van der Waals surface area contributed by atoms with Gasteiger partial charge in [-0.25, -0.2) is 0 Å².